The Bertz CT molecular complexity index is 632. The number of hydrogen-bond acceptors (Lipinski definition) is 7. The Morgan fingerprint density at radius 1 is 1.14 bits per heavy atom. The lowest BCUT2D eigenvalue weighted by atomic mass is 10.2. The van der Waals surface area contributed by atoms with Crippen molar-refractivity contribution in [3.63, 3.8) is 0 Å². The molecule has 158 valence electrons. The summed E-state index contributed by atoms with van der Waals surface area (Å²) in [4.78, 5) is 4.33. The second kappa shape index (κ2) is 13.8. The van der Waals surface area contributed by atoms with E-state index in [-0.39, 0.29) is 25.2 Å². The molecule has 1 aromatic carbocycles. The molecule has 0 bridgehead atoms. The van der Waals surface area contributed by atoms with Crippen LogP contribution in [0.4, 0.5) is 0 Å². The number of guanidine groups is 2. The Balaban J connectivity index is 0.00000392. The van der Waals surface area contributed by atoms with Crippen LogP contribution in [0.15, 0.2) is 23.2 Å². The number of aliphatic imine (C=N–C) groups is 1. The van der Waals surface area contributed by atoms with Gasteiger partial charge in [-0.25, -0.2) is 0 Å². The Hall–Kier alpha value is -2.27. The molecule has 11 heteroatoms. The van der Waals surface area contributed by atoms with Gasteiger partial charge in [0.1, 0.15) is 0 Å². The average molecular weight is 418 g/mol. The molecule has 28 heavy (non-hydrogen) atoms. The second-order valence-electron chi connectivity index (χ2n) is 5.53. The van der Waals surface area contributed by atoms with Crippen molar-refractivity contribution in [2.24, 2.45) is 10.7 Å². The molecule has 1 aromatic rings. The SMILES string of the molecule is COCCOCCOCCN=C(NCc1ccc2c(c1)OCO2)NC(=N)N.Cl. The molecule has 0 unspecified atom stereocenters. The molecular weight excluding hydrogens is 390 g/mol. The van der Waals surface area contributed by atoms with Crippen LogP contribution in [0.5, 0.6) is 11.5 Å². The Morgan fingerprint density at radius 2 is 1.86 bits per heavy atom. The number of nitrogens with zero attached hydrogens (tertiary/aromatic N) is 1. The van der Waals surface area contributed by atoms with Crippen LogP contribution in [0, 0.1) is 5.41 Å². The van der Waals surface area contributed by atoms with E-state index >= 15 is 0 Å². The average Bonchev–Trinajstić information content (AvgIpc) is 3.12. The molecule has 1 aliphatic rings. The minimum absolute atomic E-state index is 0. The summed E-state index contributed by atoms with van der Waals surface area (Å²) in [5.74, 6) is 1.66. The molecule has 10 nitrogen and oxygen atoms in total. The van der Waals surface area contributed by atoms with Gasteiger partial charge in [0.15, 0.2) is 23.4 Å². The van der Waals surface area contributed by atoms with Gasteiger partial charge in [-0.15, -0.1) is 12.4 Å². The summed E-state index contributed by atoms with van der Waals surface area (Å²) in [6, 6.07) is 5.68. The normalized spacial score (nSPS) is 12.4. The quantitative estimate of drug-likeness (QED) is 0.232. The largest absolute Gasteiger partial charge is 0.454 e. The predicted molar refractivity (Wildman–Crippen MR) is 108 cm³/mol. The molecular formula is C17H28ClN5O5. The van der Waals surface area contributed by atoms with Crippen molar-refractivity contribution in [3.05, 3.63) is 23.8 Å². The molecule has 0 atom stereocenters. The highest BCUT2D eigenvalue weighted by molar-refractivity contribution is 5.96. The van der Waals surface area contributed by atoms with Crippen molar-refractivity contribution in [2.45, 2.75) is 6.54 Å². The molecule has 0 radical (unpaired) electrons. The second-order valence-corrected chi connectivity index (χ2v) is 5.53. The Kier molecular flexibility index (Phi) is 11.7. The monoisotopic (exact) mass is 417 g/mol. The van der Waals surface area contributed by atoms with Crippen LogP contribution in [0.1, 0.15) is 5.56 Å². The van der Waals surface area contributed by atoms with Crippen molar-refractivity contribution in [1.82, 2.24) is 10.6 Å². The van der Waals surface area contributed by atoms with Crippen LogP contribution in [0.3, 0.4) is 0 Å². The van der Waals surface area contributed by atoms with E-state index in [1.165, 1.54) is 0 Å². The zero-order valence-electron chi connectivity index (χ0n) is 15.9. The third-order valence-electron chi connectivity index (χ3n) is 3.46. The van der Waals surface area contributed by atoms with Gasteiger partial charge in [0.25, 0.3) is 0 Å². The summed E-state index contributed by atoms with van der Waals surface area (Å²) in [5.41, 5.74) is 6.39. The van der Waals surface area contributed by atoms with Gasteiger partial charge in [-0.1, -0.05) is 6.07 Å². The highest BCUT2D eigenvalue weighted by atomic mass is 35.5. The first-order valence-electron chi connectivity index (χ1n) is 8.61. The van der Waals surface area contributed by atoms with Gasteiger partial charge in [-0.05, 0) is 17.7 Å². The van der Waals surface area contributed by atoms with Crippen molar-refractivity contribution in [3.8, 4) is 11.5 Å². The third-order valence-corrected chi connectivity index (χ3v) is 3.46. The molecule has 0 amide bonds. The fraction of sp³-hybridized carbons (Fsp3) is 0.529. The molecule has 1 aliphatic heterocycles. The lowest BCUT2D eigenvalue weighted by Gasteiger charge is -2.12. The molecule has 1 heterocycles. The lowest BCUT2D eigenvalue weighted by molar-refractivity contribution is 0.0268. The lowest BCUT2D eigenvalue weighted by Crippen LogP contribution is -2.44. The van der Waals surface area contributed by atoms with E-state index in [1.807, 2.05) is 18.2 Å². The number of benzene rings is 1. The predicted octanol–water partition coefficient (Wildman–Crippen LogP) is 0.445. The van der Waals surface area contributed by atoms with Gasteiger partial charge >= 0.3 is 0 Å². The van der Waals surface area contributed by atoms with Crippen molar-refractivity contribution in [2.75, 3.05) is 53.5 Å². The van der Waals surface area contributed by atoms with E-state index in [1.54, 1.807) is 7.11 Å². The topological polar surface area (TPSA) is 132 Å². The molecule has 0 spiro atoms. The van der Waals surface area contributed by atoms with E-state index in [0.717, 1.165) is 11.3 Å². The Morgan fingerprint density at radius 3 is 2.61 bits per heavy atom. The minimum atomic E-state index is -0.195. The molecule has 0 saturated carbocycles. The molecule has 2 rings (SSSR count). The van der Waals surface area contributed by atoms with Crippen LogP contribution in [-0.4, -0.2) is 65.4 Å². The highest BCUT2D eigenvalue weighted by Crippen LogP contribution is 2.32. The zero-order valence-corrected chi connectivity index (χ0v) is 16.7. The van der Waals surface area contributed by atoms with Crippen molar-refractivity contribution >= 4 is 24.3 Å². The summed E-state index contributed by atoms with van der Waals surface area (Å²) >= 11 is 0. The number of nitrogens with two attached hydrogens (primary N) is 1. The van der Waals surface area contributed by atoms with Crippen molar-refractivity contribution in [1.29, 1.82) is 5.41 Å². The molecule has 0 fully saturated rings. The maximum atomic E-state index is 7.39. The third kappa shape index (κ3) is 9.09. The number of rotatable bonds is 11. The first kappa shape index (κ1) is 23.8. The fourth-order valence-corrected chi connectivity index (χ4v) is 2.19. The van der Waals surface area contributed by atoms with E-state index < -0.39 is 0 Å². The number of hydrogen-bond donors (Lipinski definition) is 4. The van der Waals surface area contributed by atoms with Crippen LogP contribution in [0.25, 0.3) is 0 Å². The Labute approximate surface area is 170 Å². The van der Waals surface area contributed by atoms with E-state index in [0.29, 0.717) is 57.8 Å². The number of halogens is 1. The summed E-state index contributed by atoms with van der Waals surface area (Å²) in [5, 5.41) is 13.2. The molecule has 5 N–H and O–H groups in total. The van der Waals surface area contributed by atoms with Gasteiger partial charge in [-0.3, -0.25) is 15.7 Å². The first-order chi connectivity index (χ1) is 13.2. The minimum Gasteiger partial charge on any atom is -0.454 e. The summed E-state index contributed by atoms with van der Waals surface area (Å²) in [6.07, 6.45) is 0. The van der Waals surface area contributed by atoms with Gasteiger partial charge in [0.05, 0.1) is 39.6 Å². The smallest absolute Gasteiger partial charge is 0.231 e. The first-order valence-corrected chi connectivity index (χ1v) is 8.61. The maximum Gasteiger partial charge on any atom is 0.231 e. The van der Waals surface area contributed by atoms with Crippen LogP contribution in [0.2, 0.25) is 0 Å². The molecule has 0 saturated heterocycles. The van der Waals surface area contributed by atoms with E-state index in [9.17, 15) is 0 Å². The standard InChI is InChI=1S/C17H27N5O5.ClH/c1-23-6-7-25-9-8-24-5-4-20-17(22-16(18)19)21-11-13-2-3-14-15(10-13)27-12-26-14;/h2-3,10H,4-9,11-12H2,1H3,(H5,18,19,20,21,22);1H. The van der Waals surface area contributed by atoms with Gasteiger partial charge in [0, 0.05) is 13.7 Å². The summed E-state index contributed by atoms with van der Waals surface area (Å²) in [7, 11) is 1.63. The van der Waals surface area contributed by atoms with E-state index in [2.05, 4.69) is 15.6 Å². The van der Waals surface area contributed by atoms with Gasteiger partial charge in [-0.2, -0.15) is 0 Å². The fourth-order valence-electron chi connectivity index (χ4n) is 2.19. The van der Waals surface area contributed by atoms with Crippen LogP contribution < -0.4 is 25.8 Å². The maximum absolute atomic E-state index is 7.39. The molecule has 0 aliphatic carbocycles. The number of ether oxygens (including phenoxy) is 5. The zero-order chi connectivity index (χ0) is 19.3. The van der Waals surface area contributed by atoms with Gasteiger partial charge in [0.2, 0.25) is 6.79 Å². The number of nitrogens with one attached hydrogen (secondary N) is 3. The number of fused-ring (bicyclic) bond motifs is 1. The van der Waals surface area contributed by atoms with Gasteiger partial charge < -0.3 is 34.7 Å². The van der Waals surface area contributed by atoms with Crippen molar-refractivity contribution < 1.29 is 23.7 Å². The molecule has 0 aromatic heterocycles. The summed E-state index contributed by atoms with van der Waals surface area (Å²) < 4.78 is 26.3. The highest BCUT2D eigenvalue weighted by Gasteiger charge is 2.13. The van der Waals surface area contributed by atoms with E-state index in [4.69, 9.17) is 34.8 Å². The van der Waals surface area contributed by atoms with Crippen LogP contribution >= 0.6 is 12.4 Å². The summed E-state index contributed by atoms with van der Waals surface area (Å²) in [6.45, 7) is 3.69. The van der Waals surface area contributed by atoms with Crippen LogP contribution in [-0.2, 0) is 20.8 Å². The number of methoxy groups -OCH3 is 1.